The van der Waals surface area contributed by atoms with Gasteiger partial charge in [-0.05, 0) is 51.6 Å². The van der Waals surface area contributed by atoms with Crippen molar-refractivity contribution in [3.8, 4) is 5.75 Å². The monoisotopic (exact) mass is 304 g/mol. The van der Waals surface area contributed by atoms with Crippen molar-refractivity contribution in [1.29, 1.82) is 0 Å². The zero-order chi connectivity index (χ0) is 10.7. The van der Waals surface area contributed by atoms with Crippen LogP contribution in [-0.4, -0.2) is 18.6 Å². The average Bonchev–Trinajstić information content (AvgIpc) is 2.30. The number of benzene rings is 1. The maximum Gasteiger partial charge on any atom is 0.133 e. The molecule has 1 aliphatic heterocycles. The van der Waals surface area contributed by atoms with Crippen LogP contribution in [0.1, 0.15) is 16.6 Å². The Hall–Kier alpha value is 0.200. The average molecular weight is 305 g/mol. The fourth-order valence-electron chi connectivity index (χ4n) is 1.51. The van der Waals surface area contributed by atoms with Gasteiger partial charge in [-0.3, -0.25) is 0 Å². The summed E-state index contributed by atoms with van der Waals surface area (Å²) in [6.45, 7) is 0. The van der Waals surface area contributed by atoms with Crippen LogP contribution in [0.2, 0.25) is 0 Å². The second-order valence-corrected chi connectivity index (χ2v) is 6.90. The Morgan fingerprint density at radius 3 is 2.67 bits per heavy atom. The van der Waals surface area contributed by atoms with Crippen LogP contribution in [-0.2, 0) is 0 Å². The number of rotatable bonds is 2. The van der Waals surface area contributed by atoms with Crippen LogP contribution in [0.5, 0.6) is 5.75 Å². The summed E-state index contributed by atoms with van der Waals surface area (Å²) in [5.41, 5.74) is 1.39. The first-order valence-corrected chi connectivity index (χ1v) is 7.77. The van der Waals surface area contributed by atoms with E-state index in [2.05, 4.69) is 28.1 Å². The van der Waals surface area contributed by atoms with Gasteiger partial charge in [-0.2, -0.15) is 0 Å². The zero-order valence-corrected chi connectivity index (χ0v) is 11.8. The first-order valence-electron chi connectivity index (χ1n) is 4.88. The zero-order valence-electron chi connectivity index (χ0n) is 8.53. The minimum absolute atomic E-state index is 0.598. The number of methoxy groups -OCH3 is 1. The third-order valence-electron chi connectivity index (χ3n) is 2.28. The molecular weight excluding hydrogens is 292 g/mol. The van der Waals surface area contributed by atoms with Crippen LogP contribution in [0.3, 0.4) is 0 Å². The van der Waals surface area contributed by atoms with Gasteiger partial charge >= 0.3 is 0 Å². The summed E-state index contributed by atoms with van der Waals surface area (Å²) in [5, 5.41) is 0. The second-order valence-electron chi connectivity index (χ2n) is 3.32. The maximum atomic E-state index is 5.23. The highest BCUT2D eigenvalue weighted by molar-refractivity contribution is 9.10. The summed E-state index contributed by atoms with van der Waals surface area (Å²) in [6, 6.07) is 6.38. The van der Waals surface area contributed by atoms with Crippen LogP contribution in [0.15, 0.2) is 22.7 Å². The van der Waals surface area contributed by atoms with E-state index >= 15 is 0 Å². The molecule has 0 N–H and O–H groups in total. The second kappa shape index (κ2) is 5.51. The highest BCUT2D eigenvalue weighted by Crippen LogP contribution is 2.44. The van der Waals surface area contributed by atoms with Gasteiger partial charge < -0.3 is 4.74 Å². The summed E-state index contributed by atoms with van der Waals surface area (Å²) in [7, 11) is 1.70. The van der Waals surface area contributed by atoms with E-state index in [1.165, 1.54) is 23.5 Å². The molecule has 1 aromatic carbocycles. The number of thioether (sulfide) groups is 2. The lowest BCUT2D eigenvalue weighted by atomic mass is 10.2. The molecule has 0 radical (unpaired) electrons. The van der Waals surface area contributed by atoms with Crippen molar-refractivity contribution in [3.05, 3.63) is 28.2 Å². The van der Waals surface area contributed by atoms with Crippen molar-refractivity contribution in [3.63, 3.8) is 0 Å². The van der Waals surface area contributed by atoms with Crippen LogP contribution in [0.25, 0.3) is 0 Å². The molecule has 0 aliphatic carbocycles. The Bertz CT molecular complexity index is 337. The first kappa shape index (κ1) is 11.7. The fraction of sp³-hybridized carbons (Fsp3) is 0.455. The number of hydrogen-bond donors (Lipinski definition) is 0. The Balaban J connectivity index is 2.17. The van der Waals surface area contributed by atoms with Gasteiger partial charge in [-0.1, -0.05) is 6.07 Å². The molecule has 1 aliphatic rings. The van der Waals surface area contributed by atoms with Crippen molar-refractivity contribution < 1.29 is 4.74 Å². The van der Waals surface area contributed by atoms with E-state index in [1.807, 2.05) is 29.6 Å². The quantitative estimate of drug-likeness (QED) is 0.805. The fourth-order valence-corrected chi connectivity index (χ4v) is 4.94. The van der Waals surface area contributed by atoms with E-state index in [0.29, 0.717) is 4.58 Å². The van der Waals surface area contributed by atoms with E-state index in [1.54, 1.807) is 7.11 Å². The van der Waals surface area contributed by atoms with Gasteiger partial charge in [0.2, 0.25) is 0 Å². The molecule has 2 rings (SSSR count). The normalized spacial score (nSPS) is 17.7. The maximum absolute atomic E-state index is 5.23. The molecular formula is C11H13BrOS2. The van der Waals surface area contributed by atoms with Gasteiger partial charge in [0.1, 0.15) is 5.75 Å². The first-order chi connectivity index (χ1) is 7.31. The van der Waals surface area contributed by atoms with Gasteiger partial charge in [-0.25, -0.2) is 0 Å². The largest absolute Gasteiger partial charge is 0.496 e. The molecule has 0 unspecified atom stereocenters. The summed E-state index contributed by atoms with van der Waals surface area (Å²) < 4.78 is 6.88. The minimum atomic E-state index is 0.598. The standard InChI is InChI=1S/C11H13BrOS2/c1-13-10-4-3-8(7-9(10)12)11-14-5-2-6-15-11/h3-4,7,11H,2,5-6H2,1H3. The van der Waals surface area contributed by atoms with Crippen molar-refractivity contribution in [1.82, 2.24) is 0 Å². The van der Waals surface area contributed by atoms with Crippen molar-refractivity contribution in [2.45, 2.75) is 11.0 Å². The Morgan fingerprint density at radius 1 is 1.33 bits per heavy atom. The molecule has 82 valence electrons. The molecule has 0 atom stereocenters. The molecule has 4 heteroatoms. The van der Waals surface area contributed by atoms with Gasteiger partial charge in [0, 0.05) is 0 Å². The lowest BCUT2D eigenvalue weighted by molar-refractivity contribution is 0.412. The van der Waals surface area contributed by atoms with E-state index in [0.717, 1.165) is 10.2 Å². The SMILES string of the molecule is COc1ccc(C2SCCCS2)cc1Br. The summed E-state index contributed by atoms with van der Waals surface area (Å²) in [6.07, 6.45) is 1.34. The molecule has 0 saturated carbocycles. The Kier molecular flexibility index (Phi) is 4.29. The summed E-state index contributed by atoms with van der Waals surface area (Å²) in [5.74, 6) is 3.47. The number of ether oxygens (including phenoxy) is 1. The molecule has 1 saturated heterocycles. The topological polar surface area (TPSA) is 9.23 Å². The molecule has 1 aromatic rings. The predicted octanol–water partition coefficient (Wildman–Crippen LogP) is 4.33. The molecule has 0 spiro atoms. The Morgan fingerprint density at radius 2 is 2.07 bits per heavy atom. The van der Waals surface area contributed by atoms with Crippen molar-refractivity contribution in [2.24, 2.45) is 0 Å². The molecule has 0 aromatic heterocycles. The highest BCUT2D eigenvalue weighted by Gasteiger charge is 2.17. The lowest BCUT2D eigenvalue weighted by Crippen LogP contribution is -2.00. The number of halogens is 1. The van der Waals surface area contributed by atoms with Crippen LogP contribution in [0.4, 0.5) is 0 Å². The van der Waals surface area contributed by atoms with Crippen LogP contribution < -0.4 is 4.74 Å². The minimum Gasteiger partial charge on any atom is -0.496 e. The van der Waals surface area contributed by atoms with E-state index in [4.69, 9.17) is 4.74 Å². The van der Waals surface area contributed by atoms with E-state index < -0.39 is 0 Å². The third kappa shape index (κ3) is 2.86. The lowest BCUT2D eigenvalue weighted by Gasteiger charge is -2.21. The predicted molar refractivity (Wildman–Crippen MR) is 73.0 cm³/mol. The molecule has 1 fully saturated rings. The number of hydrogen-bond acceptors (Lipinski definition) is 3. The van der Waals surface area contributed by atoms with Crippen molar-refractivity contribution >= 4 is 39.5 Å². The molecule has 15 heavy (non-hydrogen) atoms. The van der Waals surface area contributed by atoms with Crippen LogP contribution in [0, 0.1) is 0 Å². The van der Waals surface area contributed by atoms with E-state index in [-0.39, 0.29) is 0 Å². The smallest absolute Gasteiger partial charge is 0.133 e. The summed E-state index contributed by atoms with van der Waals surface area (Å²) in [4.78, 5) is 0. The van der Waals surface area contributed by atoms with Crippen LogP contribution >= 0.6 is 39.5 Å². The molecule has 0 bridgehead atoms. The van der Waals surface area contributed by atoms with Gasteiger partial charge in [0.05, 0.1) is 16.2 Å². The summed E-state index contributed by atoms with van der Waals surface area (Å²) >= 11 is 7.61. The third-order valence-corrected chi connectivity index (χ3v) is 5.91. The highest BCUT2D eigenvalue weighted by atomic mass is 79.9. The van der Waals surface area contributed by atoms with Gasteiger partial charge in [0.25, 0.3) is 0 Å². The van der Waals surface area contributed by atoms with E-state index in [9.17, 15) is 0 Å². The Labute approximate surface area is 107 Å². The molecule has 1 nitrogen and oxygen atoms in total. The van der Waals surface area contributed by atoms with Crippen molar-refractivity contribution in [2.75, 3.05) is 18.6 Å². The molecule has 1 heterocycles. The van der Waals surface area contributed by atoms with Gasteiger partial charge in [-0.15, -0.1) is 23.5 Å². The van der Waals surface area contributed by atoms with Gasteiger partial charge in [0.15, 0.2) is 0 Å². The molecule has 0 amide bonds.